The fourth-order valence-electron chi connectivity index (χ4n) is 1.65. The van der Waals surface area contributed by atoms with Crippen molar-refractivity contribution in [2.75, 3.05) is 0 Å². The van der Waals surface area contributed by atoms with E-state index >= 15 is 0 Å². The Morgan fingerprint density at radius 3 is 2.60 bits per heavy atom. The summed E-state index contributed by atoms with van der Waals surface area (Å²) in [5, 5.41) is 9.61. The zero-order chi connectivity index (χ0) is 14.7. The van der Waals surface area contributed by atoms with E-state index in [2.05, 4.69) is 15.9 Å². The summed E-state index contributed by atoms with van der Waals surface area (Å²) >= 11 is 9.18. The molecule has 2 aromatic carbocycles. The minimum atomic E-state index is -1.35. The maximum absolute atomic E-state index is 12.3. The number of carbonyl (C=O) groups is 1. The Morgan fingerprint density at radius 2 is 1.95 bits per heavy atom. The van der Waals surface area contributed by atoms with Gasteiger partial charge in [0.1, 0.15) is 0 Å². The first-order valence-corrected chi connectivity index (χ1v) is 8.12. The zero-order valence-electron chi connectivity index (χ0n) is 10.2. The quantitative estimate of drug-likeness (QED) is 0.877. The molecular formula is C14H10BrClO3S. The van der Waals surface area contributed by atoms with Crippen molar-refractivity contribution < 1.29 is 14.1 Å². The Bertz CT molecular complexity index is 688. The van der Waals surface area contributed by atoms with E-state index in [1.54, 1.807) is 30.3 Å². The largest absolute Gasteiger partial charge is 0.478 e. The third kappa shape index (κ3) is 3.48. The number of halogens is 2. The summed E-state index contributed by atoms with van der Waals surface area (Å²) in [4.78, 5) is 11.5. The van der Waals surface area contributed by atoms with E-state index in [-0.39, 0.29) is 11.3 Å². The van der Waals surface area contributed by atoms with Crippen molar-refractivity contribution in [3.63, 3.8) is 0 Å². The molecule has 0 saturated heterocycles. The Labute approximate surface area is 132 Å². The Kier molecular flexibility index (Phi) is 4.96. The minimum absolute atomic E-state index is 0.0926. The first-order chi connectivity index (χ1) is 9.49. The fourth-order valence-corrected chi connectivity index (χ4v) is 3.52. The highest BCUT2D eigenvalue weighted by molar-refractivity contribution is 9.10. The van der Waals surface area contributed by atoms with Crippen LogP contribution in [0.25, 0.3) is 0 Å². The first-order valence-electron chi connectivity index (χ1n) is 5.63. The Hall–Kier alpha value is -1.17. The van der Waals surface area contributed by atoms with Gasteiger partial charge in [0.15, 0.2) is 0 Å². The molecule has 20 heavy (non-hydrogen) atoms. The van der Waals surface area contributed by atoms with Crippen LogP contribution in [0.2, 0.25) is 5.02 Å². The van der Waals surface area contributed by atoms with Crippen LogP contribution in [0.3, 0.4) is 0 Å². The summed E-state index contributed by atoms with van der Waals surface area (Å²) in [5.41, 5.74) is 0.863. The smallest absolute Gasteiger partial charge is 0.336 e. The van der Waals surface area contributed by atoms with Gasteiger partial charge in [0.05, 0.1) is 22.1 Å². The number of carboxylic acids is 1. The predicted molar refractivity (Wildman–Crippen MR) is 82.7 cm³/mol. The summed E-state index contributed by atoms with van der Waals surface area (Å²) < 4.78 is 12.8. The van der Waals surface area contributed by atoms with Gasteiger partial charge < -0.3 is 5.11 Å². The average molecular weight is 374 g/mol. The molecule has 0 aliphatic carbocycles. The number of rotatable bonds is 4. The van der Waals surface area contributed by atoms with E-state index in [1.165, 1.54) is 6.07 Å². The van der Waals surface area contributed by atoms with E-state index in [0.29, 0.717) is 14.4 Å². The third-order valence-electron chi connectivity index (χ3n) is 2.68. The van der Waals surface area contributed by atoms with Crippen LogP contribution < -0.4 is 0 Å². The SMILES string of the molecule is O=C(O)c1cc(S(=O)Cc2ccccc2Cl)ccc1Br. The van der Waals surface area contributed by atoms with Crippen molar-refractivity contribution >= 4 is 44.3 Å². The van der Waals surface area contributed by atoms with E-state index in [4.69, 9.17) is 16.7 Å². The van der Waals surface area contributed by atoms with Crippen LogP contribution in [0.15, 0.2) is 51.8 Å². The van der Waals surface area contributed by atoms with Gasteiger partial charge in [-0.1, -0.05) is 29.8 Å². The van der Waals surface area contributed by atoms with Crippen LogP contribution >= 0.6 is 27.5 Å². The van der Waals surface area contributed by atoms with Crippen molar-refractivity contribution in [1.29, 1.82) is 0 Å². The third-order valence-corrected chi connectivity index (χ3v) is 5.09. The highest BCUT2D eigenvalue weighted by atomic mass is 79.9. The number of hydrogen-bond acceptors (Lipinski definition) is 2. The van der Waals surface area contributed by atoms with Crippen molar-refractivity contribution in [1.82, 2.24) is 0 Å². The highest BCUT2D eigenvalue weighted by Gasteiger charge is 2.13. The summed E-state index contributed by atoms with van der Waals surface area (Å²) in [5.74, 6) is -0.811. The maximum Gasteiger partial charge on any atom is 0.336 e. The minimum Gasteiger partial charge on any atom is -0.478 e. The van der Waals surface area contributed by atoms with E-state index in [1.807, 2.05) is 6.07 Å². The number of carboxylic acid groups (broad SMARTS) is 1. The fraction of sp³-hybridized carbons (Fsp3) is 0.0714. The number of hydrogen-bond donors (Lipinski definition) is 1. The lowest BCUT2D eigenvalue weighted by Crippen LogP contribution is -2.02. The number of aromatic carboxylic acids is 1. The van der Waals surface area contributed by atoms with Crippen LogP contribution in [0, 0.1) is 0 Å². The van der Waals surface area contributed by atoms with Crippen LogP contribution in [0.4, 0.5) is 0 Å². The van der Waals surface area contributed by atoms with Crippen molar-refractivity contribution in [2.45, 2.75) is 10.6 Å². The summed E-state index contributed by atoms with van der Waals surface area (Å²) in [6.07, 6.45) is 0. The lowest BCUT2D eigenvalue weighted by molar-refractivity contribution is 0.0695. The second-order valence-corrected chi connectivity index (χ2v) is 6.74. The lowest BCUT2D eigenvalue weighted by Gasteiger charge is -2.06. The normalized spacial score (nSPS) is 12.1. The molecule has 0 radical (unpaired) electrons. The molecule has 0 saturated carbocycles. The maximum atomic E-state index is 12.3. The van der Waals surface area contributed by atoms with Gasteiger partial charge in [-0.15, -0.1) is 0 Å². The van der Waals surface area contributed by atoms with E-state index in [9.17, 15) is 9.00 Å². The van der Waals surface area contributed by atoms with Crippen LogP contribution in [0.1, 0.15) is 15.9 Å². The molecule has 3 nitrogen and oxygen atoms in total. The molecule has 0 aliphatic heterocycles. The van der Waals surface area contributed by atoms with Gasteiger partial charge >= 0.3 is 5.97 Å². The second kappa shape index (κ2) is 6.52. The molecule has 0 aromatic heterocycles. The molecule has 6 heteroatoms. The summed E-state index contributed by atoms with van der Waals surface area (Å²) in [6, 6.07) is 11.8. The topological polar surface area (TPSA) is 54.4 Å². The molecule has 1 atom stereocenters. The lowest BCUT2D eigenvalue weighted by atomic mass is 10.2. The van der Waals surface area contributed by atoms with Gasteiger partial charge in [-0.25, -0.2) is 4.79 Å². The predicted octanol–water partition coefficient (Wildman–Crippen LogP) is 4.11. The van der Waals surface area contributed by atoms with Crippen molar-refractivity contribution in [3.8, 4) is 0 Å². The van der Waals surface area contributed by atoms with E-state index in [0.717, 1.165) is 5.56 Å². The van der Waals surface area contributed by atoms with Gasteiger partial charge in [0, 0.05) is 14.4 Å². The van der Waals surface area contributed by atoms with Gasteiger partial charge in [0.25, 0.3) is 0 Å². The molecular weight excluding hydrogens is 364 g/mol. The molecule has 0 spiro atoms. The molecule has 1 N–H and O–H groups in total. The Balaban J connectivity index is 2.28. The monoisotopic (exact) mass is 372 g/mol. The van der Waals surface area contributed by atoms with E-state index < -0.39 is 16.8 Å². The average Bonchev–Trinajstić information content (AvgIpc) is 2.41. The van der Waals surface area contributed by atoms with Crippen LogP contribution in [-0.2, 0) is 16.6 Å². The molecule has 0 bridgehead atoms. The summed E-state index contributed by atoms with van der Waals surface area (Å²) in [6.45, 7) is 0. The summed E-state index contributed by atoms with van der Waals surface area (Å²) in [7, 11) is -1.35. The molecule has 104 valence electrons. The molecule has 2 aromatic rings. The van der Waals surface area contributed by atoms with Gasteiger partial charge in [-0.3, -0.25) is 4.21 Å². The van der Waals surface area contributed by atoms with Gasteiger partial charge in [-0.2, -0.15) is 0 Å². The standard InChI is InChI=1S/C14H10BrClO3S/c15-12-6-5-10(7-11(12)14(17)18)20(19)8-9-3-1-2-4-13(9)16/h1-7H,8H2,(H,17,18). The van der Waals surface area contributed by atoms with Crippen LogP contribution in [0.5, 0.6) is 0 Å². The zero-order valence-corrected chi connectivity index (χ0v) is 13.3. The molecule has 0 aliphatic rings. The van der Waals surface area contributed by atoms with Crippen LogP contribution in [-0.4, -0.2) is 15.3 Å². The van der Waals surface area contributed by atoms with Crippen molar-refractivity contribution in [2.24, 2.45) is 0 Å². The molecule has 0 amide bonds. The van der Waals surface area contributed by atoms with Gasteiger partial charge in [-0.05, 0) is 45.8 Å². The highest BCUT2D eigenvalue weighted by Crippen LogP contribution is 2.23. The second-order valence-electron chi connectivity index (χ2n) is 4.03. The Morgan fingerprint density at radius 1 is 1.25 bits per heavy atom. The number of benzene rings is 2. The first kappa shape index (κ1) is 15.2. The molecule has 1 unspecified atom stereocenters. The molecule has 0 heterocycles. The molecule has 2 rings (SSSR count). The van der Waals surface area contributed by atoms with Crippen molar-refractivity contribution in [3.05, 3.63) is 63.1 Å². The van der Waals surface area contributed by atoms with Gasteiger partial charge in [0.2, 0.25) is 0 Å². The molecule has 0 fully saturated rings.